The molecule has 1 saturated carbocycles. The van der Waals surface area contributed by atoms with Crippen LogP contribution < -0.4 is 5.73 Å². The first-order chi connectivity index (χ1) is 14.5. The molecule has 10 nitrogen and oxygen atoms in total. The van der Waals surface area contributed by atoms with Gasteiger partial charge in [0.25, 0.3) is 0 Å². The van der Waals surface area contributed by atoms with Crippen molar-refractivity contribution in [3.05, 3.63) is 28.8 Å². The van der Waals surface area contributed by atoms with Gasteiger partial charge in [-0.05, 0) is 31.0 Å². The van der Waals surface area contributed by atoms with Gasteiger partial charge in [-0.2, -0.15) is 0 Å². The largest absolute Gasteiger partial charge is 0.480 e. The summed E-state index contributed by atoms with van der Waals surface area (Å²) in [7, 11) is -6.55. The number of benzene rings is 1. The van der Waals surface area contributed by atoms with E-state index in [2.05, 4.69) is 0 Å². The maximum atomic E-state index is 12.3. The number of nitrogens with two attached hydrogens (primary N) is 1. The van der Waals surface area contributed by atoms with Crippen LogP contribution in [0, 0.1) is 5.92 Å². The number of halogens is 1. The Balaban J connectivity index is 0.000000396. The number of rotatable bonds is 7. The summed E-state index contributed by atoms with van der Waals surface area (Å²) in [4.78, 5) is 54.7. The van der Waals surface area contributed by atoms with Crippen LogP contribution in [0.5, 0.6) is 0 Å². The van der Waals surface area contributed by atoms with Gasteiger partial charge >= 0.3 is 5.97 Å². The van der Waals surface area contributed by atoms with Crippen molar-refractivity contribution in [2.75, 3.05) is 19.1 Å². The van der Waals surface area contributed by atoms with Crippen LogP contribution in [0.25, 0.3) is 0 Å². The minimum atomic E-state index is -3.44. The van der Waals surface area contributed by atoms with Gasteiger partial charge in [-0.1, -0.05) is 11.6 Å². The van der Waals surface area contributed by atoms with E-state index in [1.54, 1.807) is 0 Å². The van der Waals surface area contributed by atoms with Gasteiger partial charge in [0.2, 0.25) is 0 Å². The molecule has 0 saturated heterocycles. The molecule has 32 heavy (non-hydrogen) atoms. The third kappa shape index (κ3) is 8.55. The molecule has 4 N–H and O–H groups in total. The lowest BCUT2D eigenvalue weighted by molar-refractivity contribution is -0.138. The number of carbonyl (C=O) groups is 4. The van der Waals surface area contributed by atoms with Crippen LogP contribution in [-0.2, 0) is 28.8 Å². The van der Waals surface area contributed by atoms with E-state index in [0.717, 1.165) is 12.3 Å². The minimum absolute atomic E-state index is 0.00216. The Labute approximate surface area is 190 Å². The summed E-state index contributed by atoms with van der Waals surface area (Å²) >= 11 is 5.94. The van der Waals surface area contributed by atoms with E-state index in [1.165, 1.54) is 18.8 Å². The van der Waals surface area contributed by atoms with Crippen LogP contribution in [-0.4, -0.2) is 66.9 Å². The van der Waals surface area contributed by atoms with Gasteiger partial charge in [0.15, 0.2) is 34.6 Å². The SMILES string of the molecule is CP(=O)(O)CCC(N)C(=O)O.CS(=O)(=O)c1ccc(C(=O)C2C(=O)CCCC2=O)c(Cl)c1. The highest BCUT2D eigenvalue weighted by molar-refractivity contribution is 7.90. The number of hydrogen-bond acceptors (Lipinski definition) is 8. The summed E-state index contributed by atoms with van der Waals surface area (Å²) in [5, 5.41) is 8.21. The molecule has 178 valence electrons. The molecule has 0 bridgehead atoms. The van der Waals surface area contributed by atoms with E-state index in [9.17, 15) is 32.2 Å². The lowest BCUT2D eigenvalue weighted by Gasteiger charge is -2.18. The second kappa shape index (κ2) is 11.3. The van der Waals surface area contributed by atoms with Gasteiger partial charge in [-0.3, -0.25) is 23.7 Å². The van der Waals surface area contributed by atoms with Crippen molar-refractivity contribution in [3.63, 3.8) is 0 Å². The van der Waals surface area contributed by atoms with Crippen LogP contribution in [0.2, 0.25) is 5.02 Å². The molecule has 0 amide bonds. The van der Waals surface area contributed by atoms with Crippen molar-refractivity contribution in [1.29, 1.82) is 0 Å². The first-order valence-corrected chi connectivity index (χ1v) is 14.0. The van der Waals surface area contributed by atoms with Crippen molar-refractivity contribution in [1.82, 2.24) is 0 Å². The van der Waals surface area contributed by atoms with E-state index >= 15 is 0 Å². The summed E-state index contributed by atoms with van der Waals surface area (Å²) in [6.45, 7) is 1.18. The van der Waals surface area contributed by atoms with Gasteiger partial charge < -0.3 is 15.7 Å². The molecule has 0 radical (unpaired) electrons. The van der Waals surface area contributed by atoms with E-state index in [1.807, 2.05) is 0 Å². The molecule has 2 atom stereocenters. The number of Topliss-reactive ketones (excluding diaryl/α,β-unsaturated/α-hetero) is 3. The first kappa shape index (κ1) is 28.1. The molecule has 1 fully saturated rings. The van der Waals surface area contributed by atoms with Gasteiger partial charge in [0.1, 0.15) is 12.0 Å². The summed E-state index contributed by atoms with van der Waals surface area (Å²) in [6.07, 6.45) is 1.87. The molecule has 0 aliphatic heterocycles. The average molecular weight is 510 g/mol. The van der Waals surface area contributed by atoms with Crippen LogP contribution in [0.4, 0.5) is 0 Å². The second-order valence-electron chi connectivity index (χ2n) is 7.51. The molecule has 1 aromatic carbocycles. The first-order valence-electron chi connectivity index (χ1n) is 9.41. The summed E-state index contributed by atoms with van der Waals surface area (Å²) in [5.41, 5.74) is 5.09. The predicted molar refractivity (Wildman–Crippen MR) is 117 cm³/mol. The number of hydrogen-bond donors (Lipinski definition) is 3. The topological polar surface area (TPSA) is 186 Å². The Bertz CT molecular complexity index is 1050. The molecule has 0 heterocycles. The highest BCUT2D eigenvalue weighted by Gasteiger charge is 2.37. The average Bonchev–Trinajstić information content (AvgIpc) is 2.64. The molecule has 0 spiro atoms. The number of carboxylic acid groups (broad SMARTS) is 1. The predicted octanol–water partition coefficient (Wildman–Crippen LogP) is 1.55. The highest BCUT2D eigenvalue weighted by Crippen LogP contribution is 2.35. The molecular formula is C19H25ClNO9PS. The number of aliphatic carboxylic acids is 1. The smallest absolute Gasteiger partial charge is 0.320 e. The maximum absolute atomic E-state index is 12.3. The van der Waals surface area contributed by atoms with E-state index in [-0.39, 0.29) is 40.9 Å². The fourth-order valence-corrected chi connectivity index (χ4v) is 4.52. The highest BCUT2D eigenvalue weighted by atomic mass is 35.5. The number of carboxylic acids is 1. The third-order valence-electron chi connectivity index (χ3n) is 4.56. The molecule has 1 aliphatic rings. The van der Waals surface area contributed by atoms with Crippen LogP contribution in [0.1, 0.15) is 36.0 Å². The second-order valence-corrected chi connectivity index (χ2v) is 12.5. The fourth-order valence-electron chi connectivity index (χ4n) is 2.78. The normalized spacial score (nSPS) is 17.7. The van der Waals surface area contributed by atoms with Gasteiger partial charge in [-0.15, -0.1) is 0 Å². The van der Waals surface area contributed by atoms with E-state index < -0.39 is 52.5 Å². The van der Waals surface area contributed by atoms with E-state index in [0.29, 0.717) is 6.42 Å². The third-order valence-corrected chi connectivity index (χ3v) is 7.07. The lowest BCUT2D eigenvalue weighted by Crippen LogP contribution is -2.35. The fraction of sp³-hybridized carbons (Fsp3) is 0.474. The van der Waals surface area contributed by atoms with Gasteiger partial charge in [0.05, 0.1) is 9.92 Å². The minimum Gasteiger partial charge on any atom is -0.480 e. The molecule has 2 unspecified atom stereocenters. The van der Waals surface area contributed by atoms with Crippen LogP contribution in [0.15, 0.2) is 23.1 Å². The van der Waals surface area contributed by atoms with Crippen molar-refractivity contribution >= 4 is 52.1 Å². The standard InChI is InChI=1S/C14H13ClO5S.C5H12NO4P/c1-21(19,20)8-5-6-9(10(15)7-8)14(18)13-11(16)3-2-4-12(13)17;1-11(9,10)3-2-4(6)5(7)8/h5-7,13H,2-4H2,1H3;4H,2-3,6H2,1H3,(H,7,8)(H,9,10). The zero-order valence-electron chi connectivity index (χ0n) is 17.5. The van der Waals surface area contributed by atoms with Gasteiger partial charge in [0, 0.05) is 37.5 Å². The zero-order valence-corrected chi connectivity index (χ0v) is 20.0. The summed E-state index contributed by atoms with van der Waals surface area (Å²) < 4.78 is 33.5. The molecule has 2 rings (SSSR count). The van der Waals surface area contributed by atoms with Crippen LogP contribution in [0.3, 0.4) is 0 Å². The number of ketones is 3. The molecule has 1 aliphatic carbocycles. The van der Waals surface area contributed by atoms with Crippen molar-refractivity contribution < 1.29 is 42.2 Å². The Morgan fingerprint density at radius 3 is 2.19 bits per heavy atom. The maximum Gasteiger partial charge on any atom is 0.320 e. The lowest BCUT2D eigenvalue weighted by atomic mass is 9.82. The quantitative estimate of drug-likeness (QED) is 0.276. The molecule has 1 aromatic rings. The molecular weight excluding hydrogens is 485 g/mol. The van der Waals surface area contributed by atoms with Crippen LogP contribution >= 0.6 is 19.0 Å². The summed E-state index contributed by atoms with van der Waals surface area (Å²) in [5.74, 6) is -3.91. The van der Waals surface area contributed by atoms with Crippen molar-refractivity contribution in [2.45, 2.75) is 36.6 Å². The Hall–Kier alpha value is -1.91. The Morgan fingerprint density at radius 2 is 1.78 bits per heavy atom. The molecule has 0 aromatic heterocycles. The number of carbonyl (C=O) groups excluding carboxylic acids is 3. The van der Waals surface area contributed by atoms with Crippen molar-refractivity contribution in [2.24, 2.45) is 11.7 Å². The zero-order chi connectivity index (χ0) is 24.9. The monoisotopic (exact) mass is 509 g/mol. The Morgan fingerprint density at radius 1 is 1.25 bits per heavy atom. The Kier molecular flexibility index (Phi) is 9.92. The molecule has 13 heteroatoms. The van der Waals surface area contributed by atoms with Crippen molar-refractivity contribution in [3.8, 4) is 0 Å². The summed E-state index contributed by atoms with van der Waals surface area (Å²) in [6, 6.07) is 2.61. The van der Waals surface area contributed by atoms with E-state index in [4.69, 9.17) is 27.3 Å². The van der Waals surface area contributed by atoms with Gasteiger partial charge in [-0.25, -0.2) is 8.42 Å². The number of sulfone groups is 1.